The van der Waals surface area contributed by atoms with Gasteiger partial charge in [0.05, 0.1) is 26.4 Å². The standard InChI is InChI=1S/C84H164O17P2/c1-6-10-13-16-19-22-25-28-30-32-34-38-43-48-53-58-63-68-82(87)95-74-80(101-84(89)70-65-60-55-50-45-40-36-35-37-41-46-51-56-61-66-77(5)9-4)76-99-103(92,93)97-72-78(85)71-96-102(90,91)98-75-79(73-94-81(86)67-62-57-52-47-42-27-24-21-18-15-12-8-3)100-83(88)69-64-59-54-49-44-39-33-31-29-26-23-20-17-14-11-7-2/h77-80,85H,6-76H2,1-5H3,(H,90,91)(H,92,93)/t77?,78-,79+,80+/m0/s1. The lowest BCUT2D eigenvalue weighted by Gasteiger charge is -2.21. The lowest BCUT2D eigenvalue weighted by Crippen LogP contribution is -2.30. The molecule has 0 rings (SSSR count). The Morgan fingerprint density at radius 2 is 0.466 bits per heavy atom. The van der Waals surface area contributed by atoms with Crippen LogP contribution in [0.25, 0.3) is 0 Å². The van der Waals surface area contributed by atoms with E-state index >= 15 is 0 Å². The van der Waals surface area contributed by atoms with Crippen LogP contribution in [-0.4, -0.2) is 96.7 Å². The lowest BCUT2D eigenvalue weighted by atomic mass is 9.99. The summed E-state index contributed by atoms with van der Waals surface area (Å²) in [5, 5.41) is 10.7. The second kappa shape index (κ2) is 76.8. The van der Waals surface area contributed by atoms with E-state index in [0.29, 0.717) is 25.7 Å². The summed E-state index contributed by atoms with van der Waals surface area (Å²) in [5.74, 6) is -1.25. The van der Waals surface area contributed by atoms with Gasteiger partial charge in [-0.3, -0.25) is 37.3 Å². The first-order valence-corrected chi connectivity index (χ1v) is 46.7. The van der Waals surface area contributed by atoms with Crippen molar-refractivity contribution in [1.29, 1.82) is 0 Å². The third-order valence-corrected chi connectivity index (χ3v) is 22.0. The van der Waals surface area contributed by atoms with Gasteiger partial charge in [0.2, 0.25) is 0 Å². The van der Waals surface area contributed by atoms with Crippen LogP contribution in [0.5, 0.6) is 0 Å². The van der Waals surface area contributed by atoms with Gasteiger partial charge in [-0.25, -0.2) is 9.13 Å². The van der Waals surface area contributed by atoms with E-state index in [1.54, 1.807) is 0 Å². The van der Waals surface area contributed by atoms with Gasteiger partial charge in [0, 0.05) is 25.7 Å². The molecule has 17 nitrogen and oxygen atoms in total. The third-order valence-electron chi connectivity index (χ3n) is 20.1. The molecule has 103 heavy (non-hydrogen) atoms. The van der Waals surface area contributed by atoms with Crippen molar-refractivity contribution in [2.45, 2.75) is 470 Å². The van der Waals surface area contributed by atoms with E-state index in [0.717, 1.165) is 95.8 Å². The normalized spacial score (nSPS) is 14.1. The van der Waals surface area contributed by atoms with E-state index < -0.39 is 97.5 Å². The average Bonchev–Trinajstić information content (AvgIpc) is 0.913. The molecule has 0 fully saturated rings. The number of ether oxygens (including phenoxy) is 4. The van der Waals surface area contributed by atoms with Crippen molar-refractivity contribution in [2.75, 3.05) is 39.6 Å². The number of unbranched alkanes of at least 4 members (excludes halogenated alkanes) is 55. The Labute approximate surface area is 632 Å². The van der Waals surface area contributed by atoms with E-state index in [9.17, 15) is 43.2 Å². The Balaban J connectivity index is 5.26. The van der Waals surface area contributed by atoms with E-state index in [-0.39, 0.29) is 25.7 Å². The lowest BCUT2D eigenvalue weighted by molar-refractivity contribution is -0.161. The zero-order valence-corrected chi connectivity index (χ0v) is 69.3. The van der Waals surface area contributed by atoms with Crippen molar-refractivity contribution in [3.05, 3.63) is 0 Å². The van der Waals surface area contributed by atoms with Crippen molar-refractivity contribution in [1.82, 2.24) is 0 Å². The molecule has 6 atom stereocenters. The molecular formula is C84H164O17P2. The molecule has 0 aliphatic carbocycles. The van der Waals surface area contributed by atoms with Crippen LogP contribution in [0.2, 0.25) is 0 Å². The van der Waals surface area contributed by atoms with Gasteiger partial charge in [-0.05, 0) is 31.6 Å². The number of rotatable bonds is 84. The minimum absolute atomic E-state index is 0.109. The Bertz CT molecular complexity index is 1960. The molecule has 0 aromatic heterocycles. The largest absolute Gasteiger partial charge is 0.472 e. The number of aliphatic hydroxyl groups is 1. The summed E-state index contributed by atoms with van der Waals surface area (Å²) < 4.78 is 68.9. The fourth-order valence-electron chi connectivity index (χ4n) is 13.1. The molecule has 0 radical (unpaired) electrons. The monoisotopic (exact) mass is 1510 g/mol. The van der Waals surface area contributed by atoms with Crippen molar-refractivity contribution in [3.63, 3.8) is 0 Å². The summed E-state index contributed by atoms with van der Waals surface area (Å²) in [4.78, 5) is 73.2. The van der Waals surface area contributed by atoms with E-state index in [1.165, 1.54) is 276 Å². The average molecular weight is 1510 g/mol. The van der Waals surface area contributed by atoms with E-state index in [2.05, 4.69) is 34.6 Å². The minimum atomic E-state index is -4.96. The van der Waals surface area contributed by atoms with Gasteiger partial charge >= 0.3 is 39.5 Å². The molecule has 19 heteroatoms. The highest BCUT2D eigenvalue weighted by Gasteiger charge is 2.30. The number of carbonyl (C=O) groups is 4. The van der Waals surface area contributed by atoms with Gasteiger partial charge in [0.15, 0.2) is 12.2 Å². The first-order valence-electron chi connectivity index (χ1n) is 43.7. The number of aliphatic hydroxyl groups excluding tert-OH is 1. The van der Waals surface area contributed by atoms with Crippen LogP contribution in [-0.2, 0) is 65.4 Å². The molecule has 3 unspecified atom stereocenters. The topological polar surface area (TPSA) is 237 Å². The number of hydrogen-bond donors (Lipinski definition) is 3. The van der Waals surface area contributed by atoms with Crippen molar-refractivity contribution < 1.29 is 80.2 Å². The summed E-state index contributed by atoms with van der Waals surface area (Å²) in [6, 6.07) is 0. The van der Waals surface area contributed by atoms with Crippen molar-refractivity contribution in [3.8, 4) is 0 Å². The molecule has 0 saturated heterocycles. The molecule has 0 aromatic carbocycles. The molecule has 0 amide bonds. The highest BCUT2D eigenvalue weighted by molar-refractivity contribution is 7.47. The second-order valence-corrected chi connectivity index (χ2v) is 33.4. The minimum Gasteiger partial charge on any atom is -0.462 e. The molecule has 0 spiro atoms. The second-order valence-electron chi connectivity index (χ2n) is 30.5. The zero-order valence-electron chi connectivity index (χ0n) is 67.5. The summed E-state index contributed by atoms with van der Waals surface area (Å²) in [6.07, 6.45) is 69.1. The fraction of sp³-hybridized carbons (Fsp3) is 0.952. The molecule has 0 aliphatic heterocycles. The van der Waals surface area contributed by atoms with Crippen LogP contribution in [0.3, 0.4) is 0 Å². The number of carbonyl (C=O) groups excluding carboxylic acids is 4. The number of hydrogen-bond acceptors (Lipinski definition) is 15. The highest BCUT2D eigenvalue weighted by Crippen LogP contribution is 2.45. The van der Waals surface area contributed by atoms with Gasteiger partial charge in [-0.15, -0.1) is 0 Å². The number of esters is 4. The summed E-state index contributed by atoms with van der Waals surface area (Å²) in [7, 11) is -9.92. The quantitative estimate of drug-likeness (QED) is 0.0222. The van der Waals surface area contributed by atoms with Gasteiger partial charge in [0.25, 0.3) is 0 Å². The third kappa shape index (κ3) is 76.6. The Kier molecular flexibility index (Phi) is 75.4. The Morgan fingerprint density at radius 3 is 0.689 bits per heavy atom. The molecule has 0 bridgehead atoms. The smallest absolute Gasteiger partial charge is 0.462 e. The Morgan fingerprint density at radius 1 is 0.272 bits per heavy atom. The molecule has 612 valence electrons. The predicted octanol–water partition coefficient (Wildman–Crippen LogP) is 25.6. The van der Waals surface area contributed by atoms with Crippen LogP contribution in [0.1, 0.15) is 452 Å². The fourth-order valence-corrected chi connectivity index (χ4v) is 14.7. The Hall–Kier alpha value is -1.94. The molecule has 0 aromatic rings. The summed E-state index contributed by atoms with van der Waals surface area (Å²) in [6.45, 7) is 7.42. The van der Waals surface area contributed by atoms with Crippen molar-refractivity contribution >= 4 is 39.5 Å². The van der Waals surface area contributed by atoms with Gasteiger partial charge < -0.3 is 33.8 Å². The number of phosphoric ester groups is 2. The maximum atomic E-state index is 13.1. The van der Waals surface area contributed by atoms with Gasteiger partial charge in [0.1, 0.15) is 19.3 Å². The number of phosphoric acid groups is 2. The van der Waals surface area contributed by atoms with E-state index in [1.807, 2.05) is 0 Å². The molecule has 3 N–H and O–H groups in total. The SMILES string of the molecule is CCCCCCCCCCCCCCCCCCCC(=O)OC[C@H](COP(=O)(O)OC[C@@H](O)COP(=O)(O)OC[C@@H](COC(=O)CCCCCCCCCCCCCC)OC(=O)CCCCCCCCCCCCCCCCCC)OC(=O)CCCCCCCCCCCCCCCCC(C)CC. The maximum Gasteiger partial charge on any atom is 0.472 e. The first-order chi connectivity index (χ1) is 50.1. The molecule has 0 heterocycles. The van der Waals surface area contributed by atoms with Crippen LogP contribution in [0.4, 0.5) is 0 Å². The van der Waals surface area contributed by atoms with Crippen molar-refractivity contribution in [2.24, 2.45) is 5.92 Å². The maximum absolute atomic E-state index is 13.1. The summed E-state index contributed by atoms with van der Waals surface area (Å²) in [5.41, 5.74) is 0. The van der Waals surface area contributed by atoms with Crippen LogP contribution >= 0.6 is 15.6 Å². The summed E-state index contributed by atoms with van der Waals surface area (Å²) >= 11 is 0. The molecular weight excluding hydrogens is 1340 g/mol. The van der Waals surface area contributed by atoms with Crippen LogP contribution in [0.15, 0.2) is 0 Å². The molecule has 0 saturated carbocycles. The van der Waals surface area contributed by atoms with Gasteiger partial charge in [-0.2, -0.15) is 0 Å². The van der Waals surface area contributed by atoms with Gasteiger partial charge in [-0.1, -0.05) is 401 Å². The highest BCUT2D eigenvalue weighted by atomic mass is 31.2. The first kappa shape index (κ1) is 101. The molecule has 0 aliphatic rings. The predicted molar refractivity (Wildman–Crippen MR) is 423 cm³/mol. The van der Waals surface area contributed by atoms with Crippen LogP contribution < -0.4 is 0 Å². The van der Waals surface area contributed by atoms with E-state index in [4.69, 9.17) is 37.0 Å². The zero-order chi connectivity index (χ0) is 75.5. The van der Waals surface area contributed by atoms with Crippen LogP contribution in [0, 0.1) is 5.92 Å².